The van der Waals surface area contributed by atoms with E-state index in [1.165, 1.54) is 0 Å². The van der Waals surface area contributed by atoms with E-state index in [4.69, 9.17) is 22.1 Å². The molecule has 4 nitrogen and oxygen atoms in total. The number of imidazole rings is 1. The van der Waals surface area contributed by atoms with Gasteiger partial charge >= 0.3 is 0 Å². The monoisotopic (exact) mass is 251 g/mol. The topological polar surface area (TPSA) is 53.1 Å². The van der Waals surface area contributed by atoms with Crippen molar-refractivity contribution in [3.63, 3.8) is 0 Å². The Morgan fingerprint density at radius 2 is 2.12 bits per heavy atom. The molecular formula is C12H14ClN3O. The lowest BCUT2D eigenvalue weighted by Crippen LogP contribution is -1.99. The number of methoxy groups -OCH3 is 1. The zero-order chi connectivity index (χ0) is 12.6. The summed E-state index contributed by atoms with van der Waals surface area (Å²) < 4.78 is 7.08. The fourth-order valence-corrected chi connectivity index (χ4v) is 2.10. The van der Waals surface area contributed by atoms with Crippen LogP contribution in [0.1, 0.15) is 5.56 Å². The summed E-state index contributed by atoms with van der Waals surface area (Å²) in [4.78, 5) is 4.04. The van der Waals surface area contributed by atoms with Crippen molar-refractivity contribution in [3.8, 4) is 17.0 Å². The second-order valence-electron chi connectivity index (χ2n) is 3.87. The first-order valence-corrected chi connectivity index (χ1v) is 5.55. The zero-order valence-electron chi connectivity index (χ0n) is 9.99. The van der Waals surface area contributed by atoms with Crippen LogP contribution < -0.4 is 10.5 Å². The molecule has 0 spiro atoms. The van der Waals surface area contributed by atoms with Crippen LogP contribution >= 0.6 is 11.6 Å². The average molecular weight is 252 g/mol. The number of nitrogen functional groups attached to an aromatic ring is 1. The van der Waals surface area contributed by atoms with E-state index >= 15 is 0 Å². The maximum atomic E-state index is 6.10. The maximum Gasteiger partial charge on any atom is 0.201 e. The minimum atomic E-state index is 0.383. The third-order valence-electron chi connectivity index (χ3n) is 2.70. The van der Waals surface area contributed by atoms with Crippen molar-refractivity contribution in [2.45, 2.75) is 6.92 Å². The Bertz CT molecular complexity index is 563. The van der Waals surface area contributed by atoms with Gasteiger partial charge in [-0.3, -0.25) is 0 Å². The van der Waals surface area contributed by atoms with Gasteiger partial charge in [0.1, 0.15) is 5.75 Å². The molecule has 1 aromatic heterocycles. The molecule has 0 aliphatic rings. The van der Waals surface area contributed by atoms with Crippen molar-refractivity contribution in [1.82, 2.24) is 9.55 Å². The molecule has 2 aromatic rings. The lowest BCUT2D eigenvalue weighted by molar-refractivity contribution is 0.416. The highest BCUT2D eigenvalue weighted by Crippen LogP contribution is 2.36. The number of aryl methyl sites for hydroxylation is 1. The minimum Gasteiger partial charge on any atom is -0.496 e. The fourth-order valence-electron chi connectivity index (χ4n) is 1.78. The number of rotatable bonds is 2. The standard InChI is InChI=1S/C12H14ClN3O/c1-7-4-5-9(17-3)8(6-7)10-11(13)15-12(14)16(10)2/h4-6H,1-3H3,(H2,14,15). The molecule has 2 N–H and O–H groups in total. The normalized spacial score (nSPS) is 10.6. The summed E-state index contributed by atoms with van der Waals surface area (Å²) in [6, 6.07) is 5.89. The number of hydrogen-bond acceptors (Lipinski definition) is 3. The Morgan fingerprint density at radius 3 is 2.65 bits per heavy atom. The third-order valence-corrected chi connectivity index (χ3v) is 2.96. The Labute approximate surface area is 105 Å². The highest BCUT2D eigenvalue weighted by atomic mass is 35.5. The number of aromatic nitrogens is 2. The summed E-state index contributed by atoms with van der Waals surface area (Å²) >= 11 is 6.10. The summed E-state index contributed by atoms with van der Waals surface area (Å²) in [7, 11) is 3.45. The van der Waals surface area contributed by atoms with Crippen LogP contribution in [0.3, 0.4) is 0 Å². The highest BCUT2D eigenvalue weighted by Gasteiger charge is 2.16. The summed E-state index contributed by atoms with van der Waals surface area (Å²) in [6.07, 6.45) is 0. The second-order valence-corrected chi connectivity index (χ2v) is 4.23. The van der Waals surface area contributed by atoms with Gasteiger partial charge in [-0.1, -0.05) is 23.2 Å². The van der Waals surface area contributed by atoms with Crippen LogP contribution in [0.4, 0.5) is 5.95 Å². The van der Waals surface area contributed by atoms with Gasteiger partial charge in [-0.25, -0.2) is 4.98 Å². The number of hydrogen-bond donors (Lipinski definition) is 1. The molecule has 0 aliphatic heterocycles. The quantitative estimate of drug-likeness (QED) is 0.893. The van der Waals surface area contributed by atoms with Crippen molar-refractivity contribution in [3.05, 3.63) is 28.9 Å². The van der Waals surface area contributed by atoms with Gasteiger partial charge in [0.05, 0.1) is 12.8 Å². The van der Waals surface area contributed by atoms with E-state index < -0.39 is 0 Å². The predicted octanol–water partition coefficient (Wildman–Crippen LogP) is 2.64. The summed E-state index contributed by atoms with van der Waals surface area (Å²) in [5, 5.41) is 0.383. The summed E-state index contributed by atoms with van der Waals surface area (Å²) in [5.41, 5.74) is 8.52. The van der Waals surface area contributed by atoms with E-state index in [0.717, 1.165) is 22.6 Å². The molecule has 0 aliphatic carbocycles. The van der Waals surface area contributed by atoms with Gasteiger partial charge in [0.25, 0.3) is 0 Å². The molecule has 17 heavy (non-hydrogen) atoms. The van der Waals surface area contributed by atoms with Gasteiger partial charge in [0.2, 0.25) is 5.95 Å². The number of anilines is 1. The maximum absolute atomic E-state index is 6.10. The Kier molecular flexibility index (Phi) is 2.98. The SMILES string of the molecule is COc1ccc(C)cc1-c1c(Cl)nc(N)n1C. The molecule has 5 heteroatoms. The lowest BCUT2D eigenvalue weighted by Gasteiger charge is -2.10. The smallest absolute Gasteiger partial charge is 0.201 e. The van der Waals surface area contributed by atoms with Crippen molar-refractivity contribution in [2.24, 2.45) is 7.05 Å². The molecule has 0 bridgehead atoms. The van der Waals surface area contributed by atoms with Crippen LogP contribution in [0.25, 0.3) is 11.3 Å². The van der Waals surface area contributed by atoms with E-state index in [-0.39, 0.29) is 0 Å². The number of nitrogens with zero attached hydrogens (tertiary/aromatic N) is 2. The second kappa shape index (κ2) is 4.30. The summed E-state index contributed by atoms with van der Waals surface area (Å²) in [6.45, 7) is 2.01. The molecule has 1 aromatic carbocycles. The molecule has 0 saturated carbocycles. The number of benzene rings is 1. The zero-order valence-corrected chi connectivity index (χ0v) is 10.7. The summed E-state index contributed by atoms with van der Waals surface area (Å²) in [5.74, 6) is 1.13. The number of ether oxygens (including phenoxy) is 1. The molecule has 2 rings (SSSR count). The van der Waals surface area contributed by atoms with Crippen molar-refractivity contribution in [1.29, 1.82) is 0 Å². The molecule has 90 valence electrons. The number of nitrogens with two attached hydrogens (primary N) is 1. The van der Waals surface area contributed by atoms with Gasteiger partial charge in [-0.2, -0.15) is 0 Å². The van der Waals surface area contributed by atoms with Crippen molar-refractivity contribution >= 4 is 17.5 Å². The van der Waals surface area contributed by atoms with Gasteiger partial charge in [0.15, 0.2) is 5.15 Å². The first-order valence-electron chi connectivity index (χ1n) is 5.17. The van der Waals surface area contributed by atoms with E-state index in [1.54, 1.807) is 11.7 Å². The van der Waals surface area contributed by atoms with Gasteiger partial charge in [-0.15, -0.1) is 0 Å². The molecule has 0 amide bonds. The van der Waals surface area contributed by atoms with Gasteiger partial charge in [0, 0.05) is 12.6 Å². The van der Waals surface area contributed by atoms with Crippen LogP contribution in [0, 0.1) is 6.92 Å². The molecule has 0 saturated heterocycles. The van der Waals surface area contributed by atoms with Crippen LogP contribution in [0.5, 0.6) is 5.75 Å². The Hall–Kier alpha value is -1.68. The van der Waals surface area contributed by atoms with E-state index in [9.17, 15) is 0 Å². The largest absolute Gasteiger partial charge is 0.496 e. The minimum absolute atomic E-state index is 0.383. The third kappa shape index (κ3) is 1.96. The molecule has 0 fully saturated rings. The molecule has 0 radical (unpaired) electrons. The van der Waals surface area contributed by atoms with E-state index in [0.29, 0.717) is 11.1 Å². The van der Waals surface area contributed by atoms with Crippen LogP contribution in [0.15, 0.2) is 18.2 Å². The Morgan fingerprint density at radius 1 is 1.41 bits per heavy atom. The first kappa shape index (κ1) is 11.8. The van der Waals surface area contributed by atoms with Crippen molar-refractivity contribution < 1.29 is 4.74 Å². The molecule has 1 heterocycles. The van der Waals surface area contributed by atoms with Gasteiger partial charge < -0.3 is 15.0 Å². The lowest BCUT2D eigenvalue weighted by atomic mass is 10.1. The first-order chi connectivity index (χ1) is 8.04. The van der Waals surface area contributed by atoms with Crippen LogP contribution in [-0.2, 0) is 7.05 Å². The molecular weight excluding hydrogens is 238 g/mol. The Balaban J connectivity index is 2.71. The van der Waals surface area contributed by atoms with E-state index in [1.807, 2.05) is 32.2 Å². The molecule has 0 atom stereocenters. The number of halogens is 1. The highest BCUT2D eigenvalue weighted by molar-refractivity contribution is 6.32. The molecule has 0 unspecified atom stereocenters. The van der Waals surface area contributed by atoms with E-state index in [2.05, 4.69) is 4.98 Å². The predicted molar refractivity (Wildman–Crippen MR) is 69.4 cm³/mol. The average Bonchev–Trinajstić information content (AvgIpc) is 2.53. The van der Waals surface area contributed by atoms with Gasteiger partial charge in [-0.05, 0) is 19.1 Å². The van der Waals surface area contributed by atoms with Crippen molar-refractivity contribution in [2.75, 3.05) is 12.8 Å². The van der Waals surface area contributed by atoms with Crippen LogP contribution in [0.2, 0.25) is 5.15 Å². The fraction of sp³-hybridized carbons (Fsp3) is 0.250. The van der Waals surface area contributed by atoms with Crippen LogP contribution in [-0.4, -0.2) is 16.7 Å².